The Bertz CT molecular complexity index is 934. The Balaban J connectivity index is 1.42. The van der Waals surface area contributed by atoms with E-state index in [2.05, 4.69) is 25.1 Å². The molecule has 1 saturated heterocycles. The molecule has 0 atom stereocenters. The molecule has 1 aliphatic heterocycles. The Labute approximate surface area is 150 Å². The number of piperazine rings is 1. The number of fused-ring (bicyclic) bond motifs is 1. The van der Waals surface area contributed by atoms with Crippen LogP contribution in [0.2, 0.25) is 0 Å². The molecule has 0 N–H and O–H groups in total. The first-order chi connectivity index (χ1) is 12.5. The second-order valence-corrected chi connectivity index (χ2v) is 6.60. The maximum atomic E-state index is 12.7. The van der Waals surface area contributed by atoms with Gasteiger partial charge in [0.05, 0.1) is 5.69 Å². The SMILES string of the molecule is Cc1noc(C)c1CN1CCN(C(=O)c2nc3nccc(C)n3n2)CC1. The van der Waals surface area contributed by atoms with Gasteiger partial charge in [0.25, 0.3) is 11.7 Å². The lowest BCUT2D eigenvalue weighted by molar-refractivity contribution is 0.0616. The number of carbonyl (C=O) groups excluding carboxylic acids is 1. The van der Waals surface area contributed by atoms with Gasteiger partial charge in [-0.1, -0.05) is 5.16 Å². The number of aromatic nitrogens is 5. The highest BCUT2D eigenvalue weighted by atomic mass is 16.5. The van der Waals surface area contributed by atoms with Crippen molar-refractivity contribution in [3.8, 4) is 0 Å². The Morgan fingerprint density at radius 1 is 1.19 bits per heavy atom. The van der Waals surface area contributed by atoms with E-state index >= 15 is 0 Å². The van der Waals surface area contributed by atoms with Crippen LogP contribution in [0.4, 0.5) is 0 Å². The fourth-order valence-corrected chi connectivity index (χ4v) is 3.20. The lowest BCUT2D eigenvalue weighted by Gasteiger charge is -2.34. The monoisotopic (exact) mass is 355 g/mol. The van der Waals surface area contributed by atoms with Crippen LogP contribution in [-0.2, 0) is 6.54 Å². The van der Waals surface area contributed by atoms with Gasteiger partial charge in [0, 0.05) is 50.2 Å². The fourth-order valence-electron chi connectivity index (χ4n) is 3.20. The third-order valence-corrected chi connectivity index (χ3v) is 4.84. The van der Waals surface area contributed by atoms with Gasteiger partial charge in [-0.15, -0.1) is 5.10 Å². The van der Waals surface area contributed by atoms with Gasteiger partial charge in [-0.3, -0.25) is 9.69 Å². The Kier molecular flexibility index (Phi) is 4.15. The minimum atomic E-state index is -0.146. The Hall–Kier alpha value is -2.81. The largest absolute Gasteiger partial charge is 0.361 e. The van der Waals surface area contributed by atoms with Crippen molar-refractivity contribution < 1.29 is 9.32 Å². The van der Waals surface area contributed by atoms with E-state index in [1.54, 1.807) is 15.6 Å². The van der Waals surface area contributed by atoms with E-state index in [0.29, 0.717) is 18.9 Å². The molecule has 0 bridgehead atoms. The minimum absolute atomic E-state index is 0.146. The average molecular weight is 355 g/mol. The minimum Gasteiger partial charge on any atom is -0.361 e. The highest BCUT2D eigenvalue weighted by Crippen LogP contribution is 2.16. The van der Waals surface area contributed by atoms with Gasteiger partial charge in [0.15, 0.2) is 0 Å². The summed E-state index contributed by atoms with van der Waals surface area (Å²) in [4.78, 5) is 25.3. The van der Waals surface area contributed by atoms with E-state index in [0.717, 1.165) is 42.3 Å². The number of carbonyl (C=O) groups is 1. The van der Waals surface area contributed by atoms with E-state index < -0.39 is 0 Å². The smallest absolute Gasteiger partial charge is 0.293 e. The standard InChI is InChI=1S/C17H21N7O2/c1-11-4-5-18-17-19-15(20-24(11)17)16(25)23-8-6-22(7-9-23)10-14-12(2)21-26-13(14)3/h4-5H,6-10H2,1-3H3. The Morgan fingerprint density at radius 3 is 2.62 bits per heavy atom. The molecule has 4 heterocycles. The van der Waals surface area contributed by atoms with Gasteiger partial charge >= 0.3 is 0 Å². The highest BCUT2D eigenvalue weighted by molar-refractivity contribution is 5.91. The normalized spacial score (nSPS) is 15.7. The van der Waals surface area contributed by atoms with Crippen molar-refractivity contribution in [1.29, 1.82) is 0 Å². The molecule has 0 saturated carbocycles. The molecule has 3 aromatic rings. The third kappa shape index (κ3) is 2.94. The van der Waals surface area contributed by atoms with E-state index in [4.69, 9.17) is 4.52 Å². The molecule has 9 nitrogen and oxygen atoms in total. The summed E-state index contributed by atoms with van der Waals surface area (Å²) in [6, 6.07) is 1.84. The fraction of sp³-hybridized carbons (Fsp3) is 0.471. The molecule has 1 amide bonds. The van der Waals surface area contributed by atoms with Gasteiger partial charge in [-0.05, 0) is 26.8 Å². The van der Waals surface area contributed by atoms with Gasteiger partial charge in [0.2, 0.25) is 5.82 Å². The van der Waals surface area contributed by atoms with Gasteiger partial charge < -0.3 is 9.42 Å². The third-order valence-electron chi connectivity index (χ3n) is 4.84. The second kappa shape index (κ2) is 6.49. The molecule has 136 valence electrons. The summed E-state index contributed by atoms with van der Waals surface area (Å²) in [5.41, 5.74) is 2.96. The molecule has 26 heavy (non-hydrogen) atoms. The molecule has 0 spiro atoms. The first-order valence-electron chi connectivity index (χ1n) is 8.64. The van der Waals surface area contributed by atoms with Gasteiger partial charge in [-0.25, -0.2) is 9.50 Å². The highest BCUT2D eigenvalue weighted by Gasteiger charge is 2.26. The molecular weight excluding hydrogens is 334 g/mol. The van der Waals surface area contributed by atoms with Crippen LogP contribution in [0.5, 0.6) is 0 Å². The lowest BCUT2D eigenvalue weighted by Crippen LogP contribution is -2.48. The van der Waals surface area contributed by atoms with Crippen molar-refractivity contribution in [3.05, 3.63) is 40.8 Å². The van der Waals surface area contributed by atoms with Crippen LogP contribution in [0.15, 0.2) is 16.8 Å². The van der Waals surface area contributed by atoms with Crippen molar-refractivity contribution in [2.45, 2.75) is 27.3 Å². The van der Waals surface area contributed by atoms with Crippen LogP contribution in [0, 0.1) is 20.8 Å². The maximum Gasteiger partial charge on any atom is 0.293 e. The summed E-state index contributed by atoms with van der Waals surface area (Å²) < 4.78 is 6.82. The lowest BCUT2D eigenvalue weighted by atomic mass is 10.2. The average Bonchev–Trinajstić information content (AvgIpc) is 3.21. The number of rotatable bonds is 3. The predicted octanol–water partition coefficient (Wildman–Crippen LogP) is 0.996. The number of amides is 1. The molecule has 1 aliphatic rings. The van der Waals surface area contributed by atoms with Crippen molar-refractivity contribution >= 4 is 11.7 Å². The van der Waals surface area contributed by atoms with Gasteiger partial charge in [-0.2, -0.15) is 4.98 Å². The summed E-state index contributed by atoms with van der Waals surface area (Å²) in [6.07, 6.45) is 1.67. The predicted molar refractivity (Wildman–Crippen MR) is 92.7 cm³/mol. The van der Waals surface area contributed by atoms with E-state index in [-0.39, 0.29) is 11.7 Å². The van der Waals surface area contributed by atoms with Gasteiger partial charge in [0.1, 0.15) is 5.76 Å². The number of hydrogen-bond acceptors (Lipinski definition) is 7. The van der Waals surface area contributed by atoms with Crippen LogP contribution in [0.1, 0.15) is 33.3 Å². The maximum absolute atomic E-state index is 12.7. The van der Waals surface area contributed by atoms with E-state index in [1.807, 2.05) is 26.8 Å². The molecule has 3 aromatic heterocycles. The van der Waals surface area contributed by atoms with E-state index in [1.165, 1.54) is 0 Å². The zero-order valence-corrected chi connectivity index (χ0v) is 15.1. The molecular formula is C17H21N7O2. The molecule has 1 fully saturated rings. The molecule has 4 rings (SSSR count). The van der Waals surface area contributed by atoms with Crippen molar-refractivity contribution in [2.75, 3.05) is 26.2 Å². The van der Waals surface area contributed by atoms with Crippen molar-refractivity contribution in [1.82, 2.24) is 34.5 Å². The molecule has 0 unspecified atom stereocenters. The molecule has 0 radical (unpaired) electrons. The summed E-state index contributed by atoms with van der Waals surface area (Å²) in [5.74, 6) is 1.36. The molecule has 0 aliphatic carbocycles. The first-order valence-corrected chi connectivity index (χ1v) is 8.64. The van der Waals surface area contributed by atoms with Crippen LogP contribution in [0.3, 0.4) is 0 Å². The summed E-state index contributed by atoms with van der Waals surface area (Å²) in [7, 11) is 0. The molecule has 0 aromatic carbocycles. The summed E-state index contributed by atoms with van der Waals surface area (Å²) in [6.45, 7) is 9.45. The van der Waals surface area contributed by atoms with Crippen LogP contribution >= 0.6 is 0 Å². The molecule has 9 heteroatoms. The quantitative estimate of drug-likeness (QED) is 0.692. The van der Waals surface area contributed by atoms with Crippen LogP contribution in [0.25, 0.3) is 5.78 Å². The zero-order chi connectivity index (χ0) is 18.3. The summed E-state index contributed by atoms with van der Waals surface area (Å²) in [5, 5.41) is 8.31. The van der Waals surface area contributed by atoms with Crippen molar-refractivity contribution in [3.63, 3.8) is 0 Å². The topological polar surface area (TPSA) is 92.7 Å². The van der Waals surface area contributed by atoms with E-state index in [9.17, 15) is 4.79 Å². The zero-order valence-electron chi connectivity index (χ0n) is 15.1. The first kappa shape index (κ1) is 16.6. The summed E-state index contributed by atoms with van der Waals surface area (Å²) >= 11 is 0. The number of nitrogens with zero attached hydrogens (tertiary/aromatic N) is 7. The van der Waals surface area contributed by atoms with Crippen LogP contribution in [-0.4, -0.2) is 66.6 Å². The number of hydrogen-bond donors (Lipinski definition) is 0. The second-order valence-electron chi connectivity index (χ2n) is 6.60. The Morgan fingerprint density at radius 2 is 1.96 bits per heavy atom. The van der Waals surface area contributed by atoms with Crippen molar-refractivity contribution in [2.24, 2.45) is 0 Å². The number of aryl methyl sites for hydroxylation is 3. The van der Waals surface area contributed by atoms with Crippen LogP contribution < -0.4 is 0 Å².